The van der Waals surface area contributed by atoms with Crippen LogP contribution < -0.4 is 0 Å². The molecule has 1 N–H and O–H groups in total. The van der Waals surface area contributed by atoms with Crippen molar-refractivity contribution in [2.75, 3.05) is 0 Å². The van der Waals surface area contributed by atoms with E-state index in [4.69, 9.17) is 9.31 Å². The van der Waals surface area contributed by atoms with Crippen LogP contribution in [0.1, 0.15) is 74.7 Å². The Balaban J connectivity index is 2.71. The predicted molar refractivity (Wildman–Crippen MR) is 98.6 cm³/mol. The second kappa shape index (κ2) is 7.54. The van der Waals surface area contributed by atoms with Gasteiger partial charge in [-0.1, -0.05) is 37.1 Å². The Morgan fingerprint density at radius 3 is 2.13 bits per heavy atom. The molecule has 1 aliphatic rings. The van der Waals surface area contributed by atoms with Gasteiger partial charge >= 0.3 is 7.12 Å². The second-order valence-electron chi connectivity index (χ2n) is 8.23. The van der Waals surface area contributed by atoms with E-state index in [1.54, 1.807) is 0 Å². The molecule has 1 aliphatic heterocycles. The van der Waals surface area contributed by atoms with Crippen LogP contribution in [0, 0.1) is 0 Å². The maximum atomic E-state index is 10.5. The highest BCUT2D eigenvalue weighted by atomic mass is 16.7. The number of rotatable bonds is 7. The first-order valence-electron chi connectivity index (χ1n) is 8.81. The number of aliphatic hydroxyl groups is 1. The van der Waals surface area contributed by atoms with Gasteiger partial charge in [0.15, 0.2) is 0 Å². The minimum absolute atomic E-state index is 0.144. The summed E-state index contributed by atoms with van der Waals surface area (Å²) in [5.74, 6) is 0.144. The van der Waals surface area contributed by atoms with Gasteiger partial charge in [0, 0.05) is 5.82 Å². The Bertz CT molecular complexity index is 430. The molecule has 0 aromatic rings. The molecule has 23 heavy (non-hydrogen) atoms. The van der Waals surface area contributed by atoms with Crippen LogP contribution in [-0.4, -0.2) is 29.0 Å². The van der Waals surface area contributed by atoms with E-state index in [1.807, 2.05) is 13.0 Å². The third-order valence-electron chi connectivity index (χ3n) is 5.00. The summed E-state index contributed by atoms with van der Waals surface area (Å²) in [5, 5.41) is 10.5. The monoisotopic (exact) mass is 322 g/mol. The fourth-order valence-corrected chi connectivity index (χ4v) is 2.55. The fourth-order valence-electron chi connectivity index (χ4n) is 2.55. The standard InChI is InChI=1S/C19H35BO3/c1-9-16(20-22-17(4,5)18(6,7)23-20)12-14-19(8,21)13-10-11-15(2)3/h11-12,14,16,21H,9-10,13H2,1-8H3/b14-12+/t16-,19+/m0/s1. The van der Waals surface area contributed by atoms with Crippen molar-refractivity contribution in [2.45, 2.75) is 97.3 Å². The topological polar surface area (TPSA) is 38.7 Å². The highest BCUT2D eigenvalue weighted by Crippen LogP contribution is 2.41. The maximum Gasteiger partial charge on any atom is 0.465 e. The maximum absolute atomic E-state index is 10.5. The molecule has 132 valence electrons. The smallest absolute Gasteiger partial charge is 0.403 e. The van der Waals surface area contributed by atoms with Crippen molar-refractivity contribution in [3.8, 4) is 0 Å². The molecule has 0 bridgehead atoms. The molecule has 3 nitrogen and oxygen atoms in total. The highest BCUT2D eigenvalue weighted by Gasteiger charge is 2.52. The molecule has 0 spiro atoms. The van der Waals surface area contributed by atoms with Crippen molar-refractivity contribution < 1.29 is 14.4 Å². The van der Waals surface area contributed by atoms with Crippen molar-refractivity contribution in [1.29, 1.82) is 0 Å². The third kappa shape index (κ3) is 5.77. The first-order chi connectivity index (χ1) is 10.4. The van der Waals surface area contributed by atoms with E-state index >= 15 is 0 Å². The molecular formula is C19H35BO3. The van der Waals surface area contributed by atoms with E-state index in [9.17, 15) is 5.11 Å². The molecule has 1 rings (SSSR count). The molecular weight excluding hydrogens is 287 g/mol. The van der Waals surface area contributed by atoms with Gasteiger partial charge in [0.05, 0.1) is 16.8 Å². The van der Waals surface area contributed by atoms with Gasteiger partial charge in [-0.05, 0) is 61.3 Å². The molecule has 0 aliphatic carbocycles. The lowest BCUT2D eigenvalue weighted by Crippen LogP contribution is -2.41. The summed E-state index contributed by atoms with van der Waals surface area (Å²) < 4.78 is 12.3. The Morgan fingerprint density at radius 2 is 1.70 bits per heavy atom. The largest absolute Gasteiger partial charge is 0.465 e. The Labute approximate surface area is 143 Å². The van der Waals surface area contributed by atoms with Crippen LogP contribution in [0.2, 0.25) is 5.82 Å². The average Bonchev–Trinajstić information content (AvgIpc) is 2.58. The highest BCUT2D eigenvalue weighted by molar-refractivity contribution is 6.48. The zero-order valence-electron chi connectivity index (χ0n) is 16.3. The van der Waals surface area contributed by atoms with Gasteiger partial charge in [-0.2, -0.15) is 0 Å². The van der Waals surface area contributed by atoms with Gasteiger partial charge in [0.2, 0.25) is 0 Å². The lowest BCUT2D eigenvalue weighted by atomic mass is 9.69. The molecule has 0 radical (unpaired) electrons. The minimum atomic E-state index is -0.803. The van der Waals surface area contributed by atoms with E-state index in [-0.39, 0.29) is 24.1 Å². The zero-order chi connectivity index (χ0) is 17.9. The molecule has 1 fully saturated rings. The normalized spacial score (nSPS) is 23.8. The summed E-state index contributed by atoms with van der Waals surface area (Å²) in [4.78, 5) is 0. The first kappa shape index (κ1) is 20.5. The number of hydrogen-bond acceptors (Lipinski definition) is 3. The quantitative estimate of drug-likeness (QED) is 0.534. The van der Waals surface area contributed by atoms with Crippen molar-refractivity contribution in [3.05, 3.63) is 23.8 Å². The van der Waals surface area contributed by atoms with E-state index in [2.05, 4.69) is 60.6 Å². The first-order valence-corrected chi connectivity index (χ1v) is 8.81. The second-order valence-corrected chi connectivity index (χ2v) is 8.23. The van der Waals surface area contributed by atoms with Crippen LogP contribution in [0.5, 0.6) is 0 Å². The van der Waals surface area contributed by atoms with Crippen LogP contribution in [0.4, 0.5) is 0 Å². The fraction of sp³-hybridized carbons (Fsp3) is 0.789. The zero-order valence-corrected chi connectivity index (χ0v) is 16.3. The van der Waals surface area contributed by atoms with Gasteiger partial charge < -0.3 is 14.4 Å². The summed E-state index contributed by atoms with van der Waals surface area (Å²) >= 11 is 0. The van der Waals surface area contributed by atoms with E-state index in [0.29, 0.717) is 6.42 Å². The van der Waals surface area contributed by atoms with Crippen LogP contribution in [0.3, 0.4) is 0 Å². The van der Waals surface area contributed by atoms with Crippen molar-refractivity contribution in [1.82, 2.24) is 0 Å². The number of allylic oxidation sites excluding steroid dienone is 3. The molecule has 0 unspecified atom stereocenters. The van der Waals surface area contributed by atoms with E-state index in [1.165, 1.54) is 5.57 Å². The third-order valence-corrected chi connectivity index (χ3v) is 5.00. The average molecular weight is 322 g/mol. The molecule has 0 saturated carbocycles. The summed E-state index contributed by atoms with van der Waals surface area (Å²) in [7, 11) is -0.255. The lowest BCUT2D eigenvalue weighted by molar-refractivity contribution is 0.00578. The minimum Gasteiger partial charge on any atom is -0.403 e. The molecule has 1 heterocycles. The predicted octanol–water partition coefficient (Wildman–Crippen LogP) is 4.91. The number of hydrogen-bond donors (Lipinski definition) is 1. The summed E-state index contributed by atoms with van der Waals surface area (Å²) in [6, 6.07) is 0. The molecule has 2 atom stereocenters. The van der Waals surface area contributed by atoms with Crippen molar-refractivity contribution >= 4 is 7.12 Å². The molecule has 0 amide bonds. The Morgan fingerprint density at radius 1 is 1.17 bits per heavy atom. The van der Waals surface area contributed by atoms with Gasteiger partial charge in [-0.3, -0.25) is 0 Å². The lowest BCUT2D eigenvalue weighted by Gasteiger charge is -2.32. The van der Waals surface area contributed by atoms with Crippen LogP contribution in [-0.2, 0) is 9.31 Å². The molecule has 0 aromatic heterocycles. The summed E-state index contributed by atoms with van der Waals surface area (Å²) in [6.07, 6.45) is 8.64. The summed E-state index contributed by atoms with van der Waals surface area (Å²) in [6.45, 7) is 16.4. The van der Waals surface area contributed by atoms with Gasteiger partial charge in [-0.25, -0.2) is 0 Å². The SMILES string of the molecule is CC[C@@H](/C=C/[C@](C)(O)CCC=C(C)C)B1OC(C)(C)C(C)(C)O1. The Hall–Kier alpha value is -0.575. The van der Waals surface area contributed by atoms with Crippen molar-refractivity contribution in [2.24, 2.45) is 0 Å². The molecule has 4 heteroatoms. The summed E-state index contributed by atoms with van der Waals surface area (Å²) in [5.41, 5.74) is -0.146. The van der Waals surface area contributed by atoms with Gasteiger partial charge in [-0.15, -0.1) is 0 Å². The van der Waals surface area contributed by atoms with Gasteiger partial charge in [0.25, 0.3) is 0 Å². The molecule has 0 aromatic carbocycles. The molecule has 1 saturated heterocycles. The van der Waals surface area contributed by atoms with Crippen LogP contribution in [0.25, 0.3) is 0 Å². The van der Waals surface area contributed by atoms with Crippen LogP contribution >= 0.6 is 0 Å². The van der Waals surface area contributed by atoms with Crippen LogP contribution in [0.15, 0.2) is 23.8 Å². The van der Waals surface area contributed by atoms with Gasteiger partial charge in [0.1, 0.15) is 0 Å². The van der Waals surface area contributed by atoms with E-state index in [0.717, 1.165) is 12.8 Å². The Kier molecular flexibility index (Phi) is 6.71. The van der Waals surface area contributed by atoms with E-state index < -0.39 is 5.60 Å². The van der Waals surface area contributed by atoms with Crippen molar-refractivity contribution in [3.63, 3.8) is 0 Å².